The minimum atomic E-state index is -0.752. The smallest absolute Gasteiger partial charge is 0.0882 e. The van der Waals surface area contributed by atoms with E-state index in [0.717, 1.165) is 0 Å². The Bertz CT molecular complexity index is 122. The summed E-state index contributed by atoms with van der Waals surface area (Å²) in [5.41, 5.74) is -0.752. The van der Waals surface area contributed by atoms with Gasteiger partial charge in [0.15, 0.2) is 0 Å². The van der Waals surface area contributed by atoms with Crippen LogP contribution >= 0.6 is 0 Å². The standard InChI is InChI=1S/C10H22O2/c1-7(2)9(10(5,6)11)12-8(3)4/h7-9,11H,1-6H3/t9-/m0/s1. The van der Waals surface area contributed by atoms with Gasteiger partial charge in [0, 0.05) is 0 Å². The Balaban J connectivity index is 4.25. The first-order valence-electron chi connectivity index (χ1n) is 4.63. The Labute approximate surface area is 75.9 Å². The van der Waals surface area contributed by atoms with Crippen molar-refractivity contribution in [2.45, 2.75) is 59.4 Å². The number of rotatable bonds is 4. The summed E-state index contributed by atoms with van der Waals surface area (Å²) in [7, 11) is 0. The second-order valence-corrected chi connectivity index (χ2v) is 4.50. The van der Waals surface area contributed by atoms with E-state index in [9.17, 15) is 5.11 Å². The molecule has 0 radical (unpaired) electrons. The second kappa shape index (κ2) is 4.24. The van der Waals surface area contributed by atoms with Crippen LogP contribution in [0.25, 0.3) is 0 Å². The molecule has 0 saturated carbocycles. The van der Waals surface area contributed by atoms with Crippen molar-refractivity contribution >= 4 is 0 Å². The summed E-state index contributed by atoms with van der Waals surface area (Å²) in [4.78, 5) is 0. The van der Waals surface area contributed by atoms with E-state index in [4.69, 9.17) is 4.74 Å². The molecule has 0 aromatic rings. The van der Waals surface area contributed by atoms with Crippen LogP contribution in [0, 0.1) is 5.92 Å². The van der Waals surface area contributed by atoms with E-state index in [0.29, 0.717) is 5.92 Å². The van der Waals surface area contributed by atoms with Crippen LogP contribution < -0.4 is 0 Å². The molecule has 0 unspecified atom stereocenters. The molecule has 0 aliphatic rings. The van der Waals surface area contributed by atoms with Gasteiger partial charge >= 0.3 is 0 Å². The average molecular weight is 174 g/mol. The molecule has 2 heteroatoms. The van der Waals surface area contributed by atoms with Gasteiger partial charge in [0.05, 0.1) is 17.8 Å². The summed E-state index contributed by atoms with van der Waals surface area (Å²) in [5.74, 6) is 0.340. The van der Waals surface area contributed by atoms with Crippen LogP contribution in [-0.4, -0.2) is 22.9 Å². The molecule has 0 spiro atoms. The van der Waals surface area contributed by atoms with Gasteiger partial charge in [0.25, 0.3) is 0 Å². The van der Waals surface area contributed by atoms with Gasteiger partial charge < -0.3 is 9.84 Å². The Hall–Kier alpha value is -0.0800. The first kappa shape index (κ1) is 11.9. The van der Waals surface area contributed by atoms with Crippen LogP contribution in [0.2, 0.25) is 0 Å². The van der Waals surface area contributed by atoms with E-state index in [1.165, 1.54) is 0 Å². The van der Waals surface area contributed by atoms with Crippen LogP contribution in [-0.2, 0) is 4.74 Å². The maximum absolute atomic E-state index is 9.77. The summed E-state index contributed by atoms with van der Waals surface area (Å²) in [6.07, 6.45) is 0.0846. The van der Waals surface area contributed by atoms with Crippen LogP contribution in [0.3, 0.4) is 0 Å². The summed E-state index contributed by atoms with van der Waals surface area (Å²) in [6, 6.07) is 0. The van der Waals surface area contributed by atoms with Crippen molar-refractivity contribution in [1.29, 1.82) is 0 Å². The highest BCUT2D eigenvalue weighted by Crippen LogP contribution is 2.21. The highest BCUT2D eigenvalue weighted by molar-refractivity contribution is 4.81. The Kier molecular flexibility index (Phi) is 4.21. The molecule has 0 heterocycles. The normalized spacial score (nSPS) is 15.8. The van der Waals surface area contributed by atoms with Gasteiger partial charge in [-0.15, -0.1) is 0 Å². The molecule has 1 N–H and O–H groups in total. The van der Waals surface area contributed by atoms with E-state index in [1.807, 2.05) is 13.8 Å². The number of hydrogen-bond donors (Lipinski definition) is 1. The molecule has 0 saturated heterocycles. The van der Waals surface area contributed by atoms with Crippen molar-refractivity contribution < 1.29 is 9.84 Å². The van der Waals surface area contributed by atoms with E-state index < -0.39 is 5.60 Å². The Morgan fingerprint density at radius 1 is 1.08 bits per heavy atom. The molecule has 0 aromatic heterocycles. The SMILES string of the molecule is CC(C)O[C@@H](C(C)C)C(C)(C)O. The lowest BCUT2D eigenvalue weighted by Crippen LogP contribution is -2.43. The quantitative estimate of drug-likeness (QED) is 0.708. The van der Waals surface area contributed by atoms with E-state index in [2.05, 4.69) is 13.8 Å². The fraction of sp³-hybridized carbons (Fsp3) is 1.00. The molecule has 0 amide bonds. The first-order valence-corrected chi connectivity index (χ1v) is 4.63. The van der Waals surface area contributed by atoms with Gasteiger partial charge in [0.1, 0.15) is 0 Å². The molecule has 0 aromatic carbocycles. The fourth-order valence-corrected chi connectivity index (χ4v) is 1.43. The van der Waals surface area contributed by atoms with Crippen LogP contribution in [0.5, 0.6) is 0 Å². The highest BCUT2D eigenvalue weighted by Gasteiger charge is 2.30. The van der Waals surface area contributed by atoms with Crippen molar-refractivity contribution in [3.05, 3.63) is 0 Å². The Morgan fingerprint density at radius 2 is 1.50 bits per heavy atom. The van der Waals surface area contributed by atoms with Gasteiger partial charge in [-0.05, 0) is 33.6 Å². The molecule has 0 fully saturated rings. The summed E-state index contributed by atoms with van der Waals surface area (Å²) in [5, 5.41) is 9.77. The van der Waals surface area contributed by atoms with Gasteiger partial charge in [-0.2, -0.15) is 0 Å². The largest absolute Gasteiger partial charge is 0.388 e. The molecule has 0 aliphatic carbocycles. The third kappa shape index (κ3) is 4.07. The molecule has 1 atom stereocenters. The molecule has 2 nitrogen and oxygen atoms in total. The second-order valence-electron chi connectivity index (χ2n) is 4.50. The first-order chi connectivity index (χ1) is 5.25. The van der Waals surface area contributed by atoms with E-state index >= 15 is 0 Å². The third-order valence-corrected chi connectivity index (χ3v) is 1.72. The minimum absolute atomic E-state index is 0.0856. The zero-order valence-corrected chi connectivity index (χ0v) is 9.09. The maximum Gasteiger partial charge on any atom is 0.0882 e. The summed E-state index contributed by atoms with van der Waals surface area (Å²) >= 11 is 0. The third-order valence-electron chi connectivity index (χ3n) is 1.72. The molecule has 12 heavy (non-hydrogen) atoms. The van der Waals surface area contributed by atoms with Crippen molar-refractivity contribution in [2.75, 3.05) is 0 Å². The summed E-state index contributed by atoms with van der Waals surface area (Å²) in [6.45, 7) is 11.7. The van der Waals surface area contributed by atoms with E-state index in [1.54, 1.807) is 13.8 Å². The predicted molar refractivity (Wildman–Crippen MR) is 51.1 cm³/mol. The molecule has 0 rings (SSSR count). The zero-order chi connectivity index (χ0) is 9.94. The van der Waals surface area contributed by atoms with Gasteiger partial charge in [0.2, 0.25) is 0 Å². The van der Waals surface area contributed by atoms with Crippen LogP contribution in [0.1, 0.15) is 41.5 Å². The van der Waals surface area contributed by atoms with E-state index in [-0.39, 0.29) is 12.2 Å². The lowest BCUT2D eigenvalue weighted by molar-refractivity contribution is -0.128. The van der Waals surface area contributed by atoms with Crippen molar-refractivity contribution in [1.82, 2.24) is 0 Å². The molecule has 0 bridgehead atoms. The number of aliphatic hydroxyl groups is 1. The average Bonchev–Trinajstić information content (AvgIpc) is 1.79. The topological polar surface area (TPSA) is 29.5 Å². The van der Waals surface area contributed by atoms with Crippen molar-refractivity contribution in [2.24, 2.45) is 5.92 Å². The lowest BCUT2D eigenvalue weighted by atomic mass is 9.92. The number of ether oxygens (including phenoxy) is 1. The molecular weight excluding hydrogens is 152 g/mol. The lowest BCUT2D eigenvalue weighted by Gasteiger charge is -2.33. The molecular formula is C10H22O2. The monoisotopic (exact) mass is 174 g/mol. The molecule has 0 aliphatic heterocycles. The van der Waals surface area contributed by atoms with Crippen molar-refractivity contribution in [3.63, 3.8) is 0 Å². The van der Waals surface area contributed by atoms with Gasteiger partial charge in [-0.25, -0.2) is 0 Å². The summed E-state index contributed by atoms with van der Waals surface area (Å²) < 4.78 is 5.63. The highest BCUT2D eigenvalue weighted by atomic mass is 16.5. The minimum Gasteiger partial charge on any atom is -0.388 e. The fourth-order valence-electron chi connectivity index (χ4n) is 1.43. The zero-order valence-electron chi connectivity index (χ0n) is 9.09. The van der Waals surface area contributed by atoms with Crippen LogP contribution in [0.4, 0.5) is 0 Å². The van der Waals surface area contributed by atoms with Crippen LogP contribution in [0.15, 0.2) is 0 Å². The maximum atomic E-state index is 9.77. The van der Waals surface area contributed by atoms with Gasteiger partial charge in [-0.3, -0.25) is 0 Å². The van der Waals surface area contributed by atoms with Gasteiger partial charge in [-0.1, -0.05) is 13.8 Å². The van der Waals surface area contributed by atoms with Crippen molar-refractivity contribution in [3.8, 4) is 0 Å². The predicted octanol–water partition coefficient (Wildman–Crippen LogP) is 2.21. The number of hydrogen-bond acceptors (Lipinski definition) is 2. The molecule has 74 valence electrons. The Morgan fingerprint density at radius 3 is 1.58 bits per heavy atom.